The average molecular weight is 422 g/mol. The second-order valence-electron chi connectivity index (χ2n) is 11.6. The van der Waals surface area contributed by atoms with Crippen LogP contribution in [0.3, 0.4) is 0 Å². The highest BCUT2D eigenvalue weighted by molar-refractivity contribution is 6.04. The van der Waals surface area contributed by atoms with E-state index in [2.05, 4.69) is 27.7 Å². The highest BCUT2D eigenvalue weighted by atomic mass is 16.2. The summed E-state index contributed by atoms with van der Waals surface area (Å²) in [6, 6.07) is -0.116. The van der Waals surface area contributed by atoms with Crippen LogP contribution in [-0.4, -0.2) is 29.8 Å². The van der Waals surface area contributed by atoms with Gasteiger partial charge in [-0.25, -0.2) is 0 Å². The van der Waals surface area contributed by atoms with Crippen molar-refractivity contribution in [2.24, 2.45) is 33.8 Å². The van der Waals surface area contributed by atoms with Crippen LogP contribution in [0.25, 0.3) is 0 Å². The third-order valence-corrected chi connectivity index (χ3v) is 9.18. The van der Waals surface area contributed by atoms with E-state index in [0.717, 1.165) is 26.4 Å². The zero-order chi connectivity index (χ0) is 22.6. The van der Waals surface area contributed by atoms with Crippen LogP contribution in [0.2, 0.25) is 0 Å². The normalized spacial score (nSPS) is 36.6. The van der Waals surface area contributed by atoms with Crippen LogP contribution in [0.5, 0.6) is 0 Å². The maximum atomic E-state index is 13.5. The Morgan fingerprint density at radius 1 is 0.867 bits per heavy atom. The molecule has 0 bridgehead atoms. The van der Waals surface area contributed by atoms with Gasteiger partial charge in [0.05, 0.1) is 5.92 Å². The van der Waals surface area contributed by atoms with E-state index in [9.17, 15) is 9.59 Å². The first-order valence-corrected chi connectivity index (χ1v) is 12.3. The molecule has 0 radical (unpaired) electrons. The Kier molecular flexibility index (Phi) is 8.72. The summed E-state index contributed by atoms with van der Waals surface area (Å²) in [7, 11) is 1.00. The van der Waals surface area contributed by atoms with E-state index in [1.54, 1.807) is 0 Å². The minimum atomic E-state index is -0.410. The molecule has 4 nitrogen and oxygen atoms in total. The first kappa shape index (κ1) is 25.5. The number of aliphatic hydroxyl groups is 1. The van der Waals surface area contributed by atoms with Crippen molar-refractivity contribution in [3.63, 3.8) is 0 Å². The summed E-state index contributed by atoms with van der Waals surface area (Å²) in [4.78, 5) is 26.2. The summed E-state index contributed by atoms with van der Waals surface area (Å²) in [5, 5.41) is 7.00. The standard InChI is InChI=1S/C25H43NO2.CH4O/c1-23(2)17-19(20(27)15-21(23)26)22(28)18-11-10-14-25(4,16-18)24(3)12-8-6-5-7-9-13-24;1-2/h18-19,21H,5-17,26H2,1-4H3;2H,1H3. The molecule has 0 saturated heterocycles. The van der Waals surface area contributed by atoms with E-state index < -0.39 is 5.92 Å². The lowest BCUT2D eigenvalue weighted by Crippen LogP contribution is -2.50. The molecule has 4 atom stereocenters. The fourth-order valence-corrected chi connectivity index (χ4v) is 6.54. The lowest BCUT2D eigenvalue weighted by atomic mass is 9.52. The number of carbonyl (C=O) groups excluding carboxylic acids is 2. The van der Waals surface area contributed by atoms with Crippen LogP contribution in [0.4, 0.5) is 0 Å². The van der Waals surface area contributed by atoms with Gasteiger partial charge in [-0.1, -0.05) is 66.2 Å². The molecule has 174 valence electrons. The van der Waals surface area contributed by atoms with Crippen molar-refractivity contribution in [1.29, 1.82) is 0 Å². The Hall–Kier alpha value is -0.740. The van der Waals surface area contributed by atoms with E-state index in [1.165, 1.54) is 51.4 Å². The van der Waals surface area contributed by atoms with Crippen LogP contribution in [0, 0.1) is 28.1 Å². The molecule has 4 heteroatoms. The molecule has 0 aliphatic heterocycles. The van der Waals surface area contributed by atoms with Gasteiger partial charge in [-0.15, -0.1) is 0 Å². The molecule has 0 amide bonds. The van der Waals surface area contributed by atoms with Gasteiger partial charge in [0.15, 0.2) is 0 Å². The SMILES string of the molecule is CC1(C)CC(C(=O)C2CCCC(C)(C3(C)CCCCCCC3)C2)C(=O)CC1N.CO. The van der Waals surface area contributed by atoms with Gasteiger partial charge in [0.2, 0.25) is 0 Å². The van der Waals surface area contributed by atoms with E-state index in [-0.39, 0.29) is 34.4 Å². The molecular weight excluding hydrogens is 374 g/mol. The van der Waals surface area contributed by atoms with Crippen LogP contribution < -0.4 is 5.73 Å². The predicted molar refractivity (Wildman–Crippen MR) is 123 cm³/mol. The lowest BCUT2D eigenvalue weighted by molar-refractivity contribution is -0.142. The molecule has 0 spiro atoms. The van der Waals surface area contributed by atoms with Gasteiger partial charge in [0.1, 0.15) is 11.6 Å². The van der Waals surface area contributed by atoms with E-state index in [4.69, 9.17) is 10.8 Å². The van der Waals surface area contributed by atoms with Crippen molar-refractivity contribution in [3.8, 4) is 0 Å². The summed E-state index contributed by atoms with van der Waals surface area (Å²) in [6.45, 7) is 9.19. The molecule has 3 aliphatic carbocycles. The Morgan fingerprint density at radius 3 is 2.00 bits per heavy atom. The molecule has 3 rings (SSSR count). The number of hydrogen-bond acceptors (Lipinski definition) is 4. The summed E-state index contributed by atoms with van der Waals surface area (Å²) >= 11 is 0. The Labute approximate surface area is 184 Å². The second kappa shape index (κ2) is 10.3. The van der Waals surface area contributed by atoms with Gasteiger partial charge in [-0.2, -0.15) is 0 Å². The molecule has 4 unspecified atom stereocenters. The number of carbonyl (C=O) groups is 2. The summed E-state index contributed by atoms with van der Waals surface area (Å²) in [6.07, 6.45) is 14.7. The van der Waals surface area contributed by atoms with Crippen molar-refractivity contribution in [1.82, 2.24) is 0 Å². The van der Waals surface area contributed by atoms with Crippen molar-refractivity contribution in [3.05, 3.63) is 0 Å². The molecule has 3 aliphatic rings. The van der Waals surface area contributed by atoms with Gasteiger partial charge < -0.3 is 10.8 Å². The maximum Gasteiger partial charge on any atom is 0.146 e. The third-order valence-electron chi connectivity index (χ3n) is 9.18. The molecular formula is C26H47NO3. The molecule has 3 fully saturated rings. The van der Waals surface area contributed by atoms with Crippen molar-refractivity contribution >= 4 is 11.6 Å². The minimum Gasteiger partial charge on any atom is -0.400 e. The number of aliphatic hydroxyl groups excluding tert-OH is 1. The van der Waals surface area contributed by atoms with Crippen LogP contribution in [0.15, 0.2) is 0 Å². The Morgan fingerprint density at radius 2 is 1.40 bits per heavy atom. The molecule has 30 heavy (non-hydrogen) atoms. The summed E-state index contributed by atoms with van der Waals surface area (Å²) in [5.41, 5.74) is 6.64. The van der Waals surface area contributed by atoms with Crippen LogP contribution >= 0.6 is 0 Å². The average Bonchev–Trinajstić information content (AvgIpc) is 2.69. The van der Waals surface area contributed by atoms with Crippen molar-refractivity contribution < 1.29 is 14.7 Å². The van der Waals surface area contributed by atoms with E-state index in [0.29, 0.717) is 18.3 Å². The molecule has 0 heterocycles. The monoisotopic (exact) mass is 421 g/mol. The molecule has 0 aromatic heterocycles. The molecule has 0 aromatic carbocycles. The third kappa shape index (κ3) is 5.35. The smallest absolute Gasteiger partial charge is 0.146 e. The molecule has 3 N–H and O–H groups in total. The summed E-state index contributed by atoms with van der Waals surface area (Å²) < 4.78 is 0. The lowest BCUT2D eigenvalue weighted by Gasteiger charge is -2.52. The molecule has 3 saturated carbocycles. The summed E-state index contributed by atoms with van der Waals surface area (Å²) in [5.74, 6) is -0.000934. The first-order chi connectivity index (χ1) is 14.1. The zero-order valence-corrected chi connectivity index (χ0v) is 20.3. The van der Waals surface area contributed by atoms with Gasteiger partial charge in [0.25, 0.3) is 0 Å². The Balaban J connectivity index is 0.00000155. The van der Waals surface area contributed by atoms with Crippen LogP contribution in [0.1, 0.15) is 111 Å². The maximum absolute atomic E-state index is 13.5. The number of ketones is 2. The van der Waals surface area contributed by atoms with E-state index in [1.807, 2.05) is 0 Å². The van der Waals surface area contributed by atoms with Crippen LogP contribution in [-0.2, 0) is 9.59 Å². The van der Waals surface area contributed by atoms with Gasteiger partial charge in [0, 0.05) is 25.5 Å². The van der Waals surface area contributed by atoms with Crippen molar-refractivity contribution in [2.45, 2.75) is 117 Å². The highest BCUT2D eigenvalue weighted by Crippen LogP contribution is 2.57. The highest BCUT2D eigenvalue weighted by Gasteiger charge is 2.50. The van der Waals surface area contributed by atoms with Gasteiger partial charge in [-0.3, -0.25) is 9.59 Å². The molecule has 0 aromatic rings. The second-order valence-corrected chi connectivity index (χ2v) is 11.6. The number of Topliss-reactive ketones (excluding diaryl/α,β-unsaturated/α-hetero) is 2. The zero-order valence-electron chi connectivity index (χ0n) is 20.3. The number of hydrogen-bond donors (Lipinski definition) is 2. The van der Waals surface area contributed by atoms with Crippen molar-refractivity contribution in [2.75, 3.05) is 7.11 Å². The number of rotatable bonds is 3. The largest absolute Gasteiger partial charge is 0.400 e. The fourth-order valence-electron chi connectivity index (χ4n) is 6.54. The van der Waals surface area contributed by atoms with E-state index >= 15 is 0 Å². The number of nitrogens with two attached hydrogens (primary N) is 1. The predicted octanol–water partition coefficient (Wildman–Crippen LogP) is 5.44. The fraction of sp³-hybridized carbons (Fsp3) is 0.923. The first-order valence-electron chi connectivity index (χ1n) is 12.3. The quantitative estimate of drug-likeness (QED) is 0.594. The van der Waals surface area contributed by atoms with Gasteiger partial charge in [-0.05, 0) is 54.8 Å². The topological polar surface area (TPSA) is 80.4 Å². The van der Waals surface area contributed by atoms with Gasteiger partial charge >= 0.3 is 0 Å². The minimum absolute atomic E-state index is 0.0695. The Bertz CT molecular complexity index is 591.